The van der Waals surface area contributed by atoms with Crippen LogP contribution in [0.2, 0.25) is 0 Å². The van der Waals surface area contributed by atoms with Crippen LogP contribution in [0.4, 0.5) is 11.8 Å². The van der Waals surface area contributed by atoms with Crippen molar-refractivity contribution in [2.45, 2.75) is 104 Å². The number of hydrogen-bond acceptors (Lipinski definition) is 10. The zero-order valence-corrected chi connectivity index (χ0v) is 24.7. The predicted molar refractivity (Wildman–Crippen MR) is 152 cm³/mol. The van der Waals surface area contributed by atoms with Crippen molar-refractivity contribution in [2.75, 3.05) is 30.4 Å². The number of hydrogen-bond donors (Lipinski definition) is 4. The van der Waals surface area contributed by atoms with Crippen LogP contribution in [-0.2, 0) is 30.3 Å². The van der Waals surface area contributed by atoms with E-state index >= 15 is 0 Å². The summed E-state index contributed by atoms with van der Waals surface area (Å²) in [6, 6.07) is -0.283. The summed E-state index contributed by atoms with van der Waals surface area (Å²) < 4.78 is 10.2. The van der Waals surface area contributed by atoms with Gasteiger partial charge in [0, 0.05) is 24.4 Å². The first kappa shape index (κ1) is 31.6. The minimum Gasteiger partial charge on any atom is -0.493 e. The van der Waals surface area contributed by atoms with E-state index in [0.29, 0.717) is 49.3 Å². The average Bonchev–Trinajstić information content (AvgIpc) is 2.90. The van der Waals surface area contributed by atoms with Crippen molar-refractivity contribution >= 4 is 29.6 Å². The summed E-state index contributed by atoms with van der Waals surface area (Å²) in [7, 11) is 0. The molecule has 2 atom stereocenters. The SMILES string of the molecule is CCOC(=O)CC[C@H](NC1CCC(CCC2CNc3nc(NC(=O)C(C)(C)C)nc(O)c3C2)CC1)C(=O)OCC. The molecule has 1 saturated carbocycles. The van der Waals surface area contributed by atoms with Crippen molar-refractivity contribution in [2.24, 2.45) is 17.3 Å². The molecule has 1 fully saturated rings. The van der Waals surface area contributed by atoms with Crippen LogP contribution in [-0.4, -0.2) is 64.8 Å². The first-order valence-electron chi connectivity index (χ1n) is 14.7. The number of rotatable bonds is 12. The topological polar surface area (TPSA) is 152 Å². The van der Waals surface area contributed by atoms with Gasteiger partial charge in [-0.3, -0.25) is 19.7 Å². The molecule has 1 unspecified atom stereocenters. The summed E-state index contributed by atoms with van der Waals surface area (Å²) in [4.78, 5) is 45.1. The molecule has 40 heavy (non-hydrogen) atoms. The molecule has 2 aliphatic rings. The van der Waals surface area contributed by atoms with E-state index in [4.69, 9.17) is 9.47 Å². The van der Waals surface area contributed by atoms with Crippen LogP contribution in [0.5, 0.6) is 5.88 Å². The normalized spacial score (nSPS) is 21.5. The first-order chi connectivity index (χ1) is 19.0. The van der Waals surface area contributed by atoms with Crippen molar-refractivity contribution in [1.82, 2.24) is 15.3 Å². The number of anilines is 2. The largest absolute Gasteiger partial charge is 0.493 e. The highest BCUT2D eigenvalue weighted by Crippen LogP contribution is 2.35. The zero-order chi connectivity index (χ0) is 29.3. The fraction of sp³-hybridized carbons (Fsp3) is 0.759. The molecular weight excluding hydrogens is 514 g/mol. The summed E-state index contributed by atoms with van der Waals surface area (Å²) in [5, 5.41) is 20.0. The lowest BCUT2D eigenvalue weighted by atomic mass is 9.80. The number of amides is 1. The molecule has 3 rings (SSSR count). The molecule has 0 spiro atoms. The molecule has 1 aromatic heterocycles. The summed E-state index contributed by atoms with van der Waals surface area (Å²) in [5.41, 5.74) is 0.112. The fourth-order valence-corrected chi connectivity index (χ4v) is 5.34. The number of ether oxygens (including phenoxy) is 2. The Morgan fingerprint density at radius 2 is 1.70 bits per heavy atom. The van der Waals surface area contributed by atoms with E-state index in [1.54, 1.807) is 34.6 Å². The van der Waals surface area contributed by atoms with Crippen LogP contribution in [0.25, 0.3) is 0 Å². The monoisotopic (exact) mass is 561 g/mol. The second-order valence-electron chi connectivity index (χ2n) is 12.0. The lowest BCUT2D eigenvalue weighted by Crippen LogP contribution is -2.46. The smallest absolute Gasteiger partial charge is 0.323 e. The van der Waals surface area contributed by atoms with Gasteiger partial charge in [-0.05, 0) is 70.6 Å². The van der Waals surface area contributed by atoms with Crippen molar-refractivity contribution in [1.29, 1.82) is 0 Å². The molecule has 1 aliphatic carbocycles. The Labute approximate surface area is 237 Å². The third-order valence-corrected chi connectivity index (χ3v) is 7.72. The molecule has 11 heteroatoms. The quantitative estimate of drug-likeness (QED) is 0.276. The Kier molecular flexibility index (Phi) is 11.5. The van der Waals surface area contributed by atoms with Gasteiger partial charge >= 0.3 is 11.9 Å². The second-order valence-corrected chi connectivity index (χ2v) is 12.0. The van der Waals surface area contributed by atoms with Crippen molar-refractivity contribution in [3.63, 3.8) is 0 Å². The van der Waals surface area contributed by atoms with Crippen LogP contribution in [0.1, 0.15) is 91.5 Å². The zero-order valence-electron chi connectivity index (χ0n) is 24.7. The molecule has 224 valence electrons. The van der Waals surface area contributed by atoms with E-state index in [1.165, 1.54) is 0 Å². The second kappa shape index (κ2) is 14.6. The molecular formula is C29H47N5O6. The van der Waals surface area contributed by atoms with Gasteiger partial charge in [-0.15, -0.1) is 0 Å². The Bertz CT molecular complexity index is 1020. The van der Waals surface area contributed by atoms with Crippen LogP contribution < -0.4 is 16.0 Å². The summed E-state index contributed by atoms with van der Waals surface area (Å²) in [6.45, 7) is 10.4. The number of carbonyl (C=O) groups is 3. The molecule has 0 bridgehead atoms. The number of nitrogens with one attached hydrogen (secondary N) is 3. The molecule has 0 radical (unpaired) electrons. The highest BCUT2D eigenvalue weighted by Gasteiger charge is 2.30. The van der Waals surface area contributed by atoms with E-state index in [0.717, 1.165) is 45.1 Å². The molecule has 1 aliphatic heterocycles. The van der Waals surface area contributed by atoms with Gasteiger partial charge in [-0.2, -0.15) is 9.97 Å². The van der Waals surface area contributed by atoms with E-state index in [2.05, 4.69) is 25.9 Å². The van der Waals surface area contributed by atoms with Gasteiger partial charge in [0.15, 0.2) is 0 Å². The van der Waals surface area contributed by atoms with E-state index in [-0.39, 0.29) is 42.1 Å². The van der Waals surface area contributed by atoms with Gasteiger partial charge in [0.2, 0.25) is 17.7 Å². The number of aromatic nitrogens is 2. The Balaban J connectivity index is 1.45. The predicted octanol–water partition coefficient (Wildman–Crippen LogP) is 3.95. The third kappa shape index (κ3) is 9.31. The summed E-state index contributed by atoms with van der Waals surface area (Å²) in [6.07, 6.45) is 7.48. The lowest BCUT2D eigenvalue weighted by molar-refractivity contribution is -0.147. The Hall–Kier alpha value is -2.95. The van der Waals surface area contributed by atoms with Crippen LogP contribution in [0.3, 0.4) is 0 Å². The van der Waals surface area contributed by atoms with Crippen molar-refractivity contribution < 1.29 is 29.0 Å². The maximum Gasteiger partial charge on any atom is 0.323 e. The van der Waals surface area contributed by atoms with Crippen LogP contribution >= 0.6 is 0 Å². The molecule has 1 amide bonds. The maximum absolute atomic E-state index is 12.5. The number of carbonyl (C=O) groups excluding carboxylic acids is 3. The van der Waals surface area contributed by atoms with Gasteiger partial charge in [0.25, 0.3) is 0 Å². The first-order valence-corrected chi connectivity index (χ1v) is 14.7. The van der Waals surface area contributed by atoms with Gasteiger partial charge < -0.3 is 25.2 Å². The summed E-state index contributed by atoms with van der Waals surface area (Å²) >= 11 is 0. The van der Waals surface area contributed by atoms with E-state index in [9.17, 15) is 19.5 Å². The fourth-order valence-electron chi connectivity index (χ4n) is 5.34. The lowest BCUT2D eigenvalue weighted by Gasteiger charge is -2.33. The van der Waals surface area contributed by atoms with Gasteiger partial charge in [0.1, 0.15) is 11.9 Å². The highest BCUT2D eigenvalue weighted by molar-refractivity contribution is 5.93. The molecule has 11 nitrogen and oxygen atoms in total. The molecule has 0 saturated heterocycles. The Morgan fingerprint density at radius 1 is 1.02 bits per heavy atom. The van der Waals surface area contributed by atoms with Gasteiger partial charge in [0.05, 0.1) is 18.8 Å². The van der Waals surface area contributed by atoms with Crippen molar-refractivity contribution in [3.05, 3.63) is 5.56 Å². The molecule has 2 heterocycles. The minimum absolute atomic E-state index is 0.0860. The third-order valence-electron chi connectivity index (χ3n) is 7.72. The van der Waals surface area contributed by atoms with Crippen molar-refractivity contribution in [3.8, 4) is 5.88 Å². The number of aromatic hydroxyl groups is 1. The van der Waals surface area contributed by atoms with E-state index < -0.39 is 11.5 Å². The molecule has 0 aromatic carbocycles. The van der Waals surface area contributed by atoms with Crippen LogP contribution in [0.15, 0.2) is 0 Å². The number of fused-ring (bicyclic) bond motifs is 1. The molecule has 1 aromatic rings. The highest BCUT2D eigenvalue weighted by atomic mass is 16.5. The van der Waals surface area contributed by atoms with Gasteiger partial charge in [-0.25, -0.2) is 0 Å². The van der Waals surface area contributed by atoms with Gasteiger partial charge in [-0.1, -0.05) is 27.2 Å². The van der Waals surface area contributed by atoms with E-state index in [1.807, 2.05) is 0 Å². The Morgan fingerprint density at radius 3 is 2.35 bits per heavy atom. The maximum atomic E-state index is 12.5. The number of esters is 2. The standard InChI is InChI=1S/C29H47N5O6/c1-6-39-23(35)15-14-22(26(37)40-7-2)31-20-12-10-18(11-13-20)8-9-19-16-21-24(30-17-19)32-28(33-25(21)36)34-27(38)29(3,4)5/h18-20,22,31H,6-17H2,1-5H3,(H3,30,32,33,34,36,38)/t18?,19?,20?,22-/m0/s1. The minimum atomic E-state index is -0.588. The number of nitrogens with zero attached hydrogens (tertiary/aromatic N) is 2. The average molecular weight is 562 g/mol. The van der Waals surface area contributed by atoms with Crippen LogP contribution in [0, 0.1) is 17.3 Å². The molecule has 4 N–H and O–H groups in total. The summed E-state index contributed by atoms with van der Waals surface area (Å²) in [5.74, 6) is 0.765.